The number of rotatable bonds is 6. The van der Waals surface area contributed by atoms with Crippen LogP contribution in [0.3, 0.4) is 0 Å². The summed E-state index contributed by atoms with van der Waals surface area (Å²) in [6.07, 6.45) is -0.792. The normalized spacial score (nSPS) is 11.4. The van der Waals surface area contributed by atoms with Crippen molar-refractivity contribution >= 4 is 0 Å². The van der Waals surface area contributed by atoms with E-state index in [1.165, 1.54) is 0 Å². The molecule has 2 aromatic carbocycles. The van der Waals surface area contributed by atoms with Gasteiger partial charge in [-0.3, -0.25) is 0 Å². The Bertz CT molecular complexity index is 578. The molecule has 0 radical (unpaired) electrons. The van der Waals surface area contributed by atoms with Crippen LogP contribution in [0.1, 0.15) is 0 Å². The molecule has 0 aromatic heterocycles. The highest BCUT2D eigenvalue weighted by Gasteiger charge is 2.04. The van der Waals surface area contributed by atoms with E-state index in [4.69, 9.17) is 10.3 Å². The molecule has 0 amide bonds. The van der Waals surface area contributed by atoms with E-state index >= 15 is 0 Å². The zero-order valence-corrected chi connectivity index (χ0v) is 10.9. The van der Waals surface area contributed by atoms with Crippen molar-refractivity contribution in [2.45, 2.75) is 6.10 Å². The van der Waals surface area contributed by atoms with Gasteiger partial charge in [-0.1, -0.05) is 47.6 Å². The number of nitrogens with zero attached hydrogens (tertiary/aromatic N) is 3. The highest BCUT2D eigenvalue weighted by Crippen LogP contribution is 2.22. The van der Waals surface area contributed by atoms with Crippen molar-refractivity contribution < 1.29 is 9.84 Å². The smallest absolute Gasteiger partial charge is 0.119 e. The van der Waals surface area contributed by atoms with E-state index in [1.807, 2.05) is 54.6 Å². The van der Waals surface area contributed by atoms with Crippen molar-refractivity contribution in [2.75, 3.05) is 13.2 Å². The predicted molar refractivity (Wildman–Crippen MR) is 77.4 cm³/mol. The maximum Gasteiger partial charge on any atom is 0.119 e. The second kappa shape index (κ2) is 7.19. The molecular formula is C15H15N3O2. The Hall–Kier alpha value is -2.49. The Morgan fingerprint density at radius 2 is 1.70 bits per heavy atom. The molecule has 1 N–H and O–H groups in total. The molecule has 0 saturated heterocycles. The van der Waals surface area contributed by atoms with Gasteiger partial charge >= 0.3 is 0 Å². The van der Waals surface area contributed by atoms with Gasteiger partial charge in [0.1, 0.15) is 12.4 Å². The van der Waals surface area contributed by atoms with Crippen molar-refractivity contribution in [3.05, 3.63) is 65.0 Å². The highest BCUT2D eigenvalue weighted by atomic mass is 16.5. The van der Waals surface area contributed by atoms with E-state index in [2.05, 4.69) is 10.0 Å². The maximum atomic E-state index is 9.48. The van der Waals surface area contributed by atoms with E-state index in [1.54, 1.807) is 0 Å². The fourth-order valence-electron chi connectivity index (χ4n) is 1.75. The average molecular weight is 269 g/mol. The van der Waals surface area contributed by atoms with Crippen LogP contribution in [0.2, 0.25) is 0 Å². The number of aliphatic hydroxyl groups is 1. The molecule has 0 heterocycles. The summed E-state index contributed by atoms with van der Waals surface area (Å²) in [4.78, 5) is 2.59. The van der Waals surface area contributed by atoms with Crippen LogP contribution in [0.25, 0.3) is 21.6 Å². The van der Waals surface area contributed by atoms with Gasteiger partial charge in [-0.25, -0.2) is 0 Å². The Morgan fingerprint density at radius 3 is 2.35 bits per heavy atom. The van der Waals surface area contributed by atoms with Gasteiger partial charge in [-0.2, -0.15) is 0 Å². The summed E-state index contributed by atoms with van der Waals surface area (Å²) in [5.74, 6) is 0.671. The highest BCUT2D eigenvalue weighted by molar-refractivity contribution is 5.63. The topological polar surface area (TPSA) is 78.2 Å². The van der Waals surface area contributed by atoms with E-state index in [-0.39, 0.29) is 13.2 Å². The molecule has 2 aromatic rings. The minimum absolute atomic E-state index is 0.0125. The lowest BCUT2D eigenvalue weighted by molar-refractivity contribution is 0.114. The Morgan fingerprint density at radius 1 is 1.05 bits per heavy atom. The molecule has 1 atom stereocenters. The lowest BCUT2D eigenvalue weighted by Gasteiger charge is -2.10. The van der Waals surface area contributed by atoms with Crippen LogP contribution in [0.5, 0.6) is 5.75 Å². The van der Waals surface area contributed by atoms with E-state index in [0.717, 1.165) is 11.1 Å². The SMILES string of the molecule is [N-]=[N+]=NCC(O)COc1ccc(-c2ccccc2)cc1. The third-order valence-corrected chi connectivity index (χ3v) is 2.76. The lowest BCUT2D eigenvalue weighted by atomic mass is 10.1. The Balaban J connectivity index is 1.93. The van der Waals surface area contributed by atoms with Gasteiger partial charge in [0.05, 0.1) is 12.6 Å². The quantitative estimate of drug-likeness (QED) is 0.495. The second-order valence-corrected chi connectivity index (χ2v) is 4.27. The number of aliphatic hydroxyl groups excluding tert-OH is 1. The molecule has 20 heavy (non-hydrogen) atoms. The predicted octanol–water partition coefficient (Wildman–Crippen LogP) is 3.40. The minimum Gasteiger partial charge on any atom is -0.491 e. The van der Waals surface area contributed by atoms with Crippen LogP contribution in [-0.4, -0.2) is 24.4 Å². The number of ether oxygens (including phenoxy) is 1. The van der Waals surface area contributed by atoms with Crippen LogP contribution < -0.4 is 4.74 Å². The number of benzene rings is 2. The van der Waals surface area contributed by atoms with E-state index < -0.39 is 6.10 Å². The fourth-order valence-corrected chi connectivity index (χ4v) is 1.75. The van der Waals surface area contributed by atoms with Gasteiger partial charge in [0, 0.05) is 4.91 Å². The first kappa shape index (κ1) is 13.9. The fraction of sp³-hybridized carbons (Fsp3) is 0.200. The molecule has 1 unspecified atom stereocenters. The summed E-state index contributed by atoms with van der Waals surface area (Å²) in [6, 6.07) is 17.7. The van der Waals surface area contributed by atoms with Crippen molar-refractivity contribution in [3.8, 4) is 16.9 Å². The summed E-state index contributed by atoms with van der Waals surface area (Å²) in [5, 5.41) is 12.8. The number of azide groups is 1. The van der Waals surface area contributed by atoms with Gasteiger partial charge in [-0.15, -0.1) is 0 Å². The average Bonchev–Trinajstić information content (AvgIpc) is 2.52. The second-order valence-electron chi connectivity index (χ2n) is 4.27. The first-order chi connectivity index (χ1) is 9.79. The van der Waals surface area contributed by atoms with Crippen LogP contribution in [0.4, 0.5) is 0 Å². The Labute approximate surface area is 117 Å². The molecule has 0 spiro atoms. The van der Waals surface area contributed by atoms with Crippen molar-refractivity contribution in [3.63, 3.8) is 0 Å². The van der Waals surface area contributed by atoms with Crippen molar-refractivity contribution in [2.24, 2.45) is 5.11 Å². The summed E-state index contributed by atoms with van der Waals surface area (Å²) in [6.45, 7) is 0.113. The molecule has 5 nitrogen and oxygen atoms in total. The number of hydrogen-bond acceptors (Lipinski definition) is 3. The first-order valence-electron chi connectivity index (χ1n) is 6.27. The van der Waals surface area contributed by atoms with Gasteiger partial charge < -0.3 is 9.84 Å². The minimum atomic E-state index is -0.792. The van der Waals surface area contributed by atoms with Crippen LogP contribution in [0, 0.1) is 0 Å². The third-order valence-electron chi connectivity index (χ3n) is 2.76. The Kier molecular flexibility index (Phi) is 5.00. The van der Waals surface area contributed by atoms with Crippen LogP contribution >= 0.6 is 0 Å². The van der Waals surface area contributed by atoms with E-state index in [0.29, 0.717) is 5.75 Å². The lowest BCUT2D eigenvalue weighted by Crippen LogP contribution is -2.20. The molecule has 0 aliphatic carbocycles. The van der Waals surface area contributed by atoms with E-state index in [9.17, 15) is 5.11 Å². The molecule has 2 rings (SSSR count). The molecule has 0 aliphatic heterocycles. The molecular weight excluding hydrogens is 254 g/mol. The number of hydrogen-bond donors (Lipinski definition) is 1. The summed E-state index contributed by atoms with van der Waals surface area (Å²) in [7, 11) is 0. The van der Waals surface area contributed by atoms with Gasteiger partial charge in [0.25, 0.3) is 0 Å². The first-order valence-corrected chi connectivity index (χ1v) is 6.27. The van der Waals surface area contributed by atoms with Crippen LogP contribution in [-0.2, 0) is 0 Å². The summed E-state index contributed by atoms with van der Waals surface area (Å²) >= 11 is 0. The third kappa shape index (κ3) is 4.02. The molecule has 0 saturated carbocycles. The zero-order chi connectivity index (χ0) is 14.2. The van der Waals surface area contributed by atoms with Crippen molar-refractivity contribution in [1.29, 1.82) is 0 Å². The molecule has 102 valence electrons. The van der Waals surface area contributed by atoms with Gasteiger partial charge in [0.15, 0.2) is 0 Å². The zero-order valence-electron chi connectivity index (χ0n) is 10.9. The van der Waals surface area contributed by atoms with Gasteiger partial charge in [-0.05, 0) is 28.8 Å². The monoisotopic (exact) mass is 269 g/mol. The maximum absolute atomic E-state index is 9.48. The molecule has 0 fully saturated rings. The largest absolute Gasteiger partial charge is 0.491 e. The summed E-state index contributed by atoms with van der Waals surface area (Å²) in [5.41, 5.74) is 10.4. The molecule has 0 aliphatic rings. The summed E-state index contributed by atoms with van der Waals surface area (Å²) < 4.78 is 5.42. The van der Waals surface area contributed by atoms with Crippen LogP contribution in [0.15, 0.2) is 59.7 Å². The van der Waals surface area contributed by atoms with Gasteiger partial charge in [0.2, 0.25) is 0 Å². The molecule has 5 heteroatoms. The standard InChI is InChI=1S/C15H15N3O2/c16-18-17-10-14(19)11-20-15-8-6-13(7-9-15)12-4-2-1-3-5-12/h1-9,14,19H,10-11H2. The van der Waals surface area contributed by atoms with Crippen molar-refractivity contribution in [1.82, 2.24) is 0 Å². The molecule has 0 bridgehead atoms.